The molecule has 0 aromatic rings. The Morgan fingerprint density at radius 2 is 2.27 bits per heavy atom. The first-order valence-corrected chi connectivity index (χ1v) is 6.38. The minimum Gasteiger partial charge on any atom is -0.0859 e. The zero-order chi connectivity index (χ0) is 11.3. The topological polar surface area (TPSA) is 0 Å². The average molecular weight is 206 g/mol. The van der Waals surface area contributed by atoms with Crippen molar-refractivity contribution >= 4 is 0 Å². The number of rotatable bonds is 4. The standard InChI is InChI=1S/C15H26/c1-12(2)6-5-7-14(4)15-10-8-13(3)9-11-15/h6,8,14-15H,5,7,9-11H2,1-4H3/t14-,15+/m1/s1. The highest BCUT2D eigenvalue weighted by atomic mass is 14.2. The highest BCUT2D eigenvalue weighted by Crippen LogP contribution is 2.31. The molecule has 0 bridgehead atoms. The van der Waals surface area contributed by atoms with Crippen LogP contribution in [0.4, 0.5) is 0 Å². The van der Waals surface area contributed by atoms with Gasteiger partial charge in [-0.1, -0.05) is 30.2 Å². The molecular formula is C15H26. The Bertz CT molecular complexity index is 241. The fourth-order valence-electron chi connectivity index (χ4n) is 2.37. The van der Waals surface area contributed by atoms with E-state index in [1.165, 1.54) is 37.7 Å². The molecule has 0 amide bonds. The van der Waals surface area contributed by atoms with Gasteiger partial charge in [0.05, 0.1) is 0 Å². The maximum atomic E-state index is 2.45. The van der Waals surface area contributed by atoms with Gasteiger partial charge in [-0.2, -0.15) is 0 Å². The predicted octanol–water partition coefficient (Wildman–Crippen LogP) is 5.12. The lowest BCUT2D eigenvalue weighted by molar-refractivity contribution is 0.312. The third-order valence-corrected chi connectivity index (χ3v) is 3.66. The van der Waals surface area contributed by atoms with Crippen molar-refractivity contribution in [2.75, 3.05) is 0 Å². The van der Waals surface area contributed by atoms with Crippen molar-refractivity contribution in [1.82, 2.24) is 0 Å². The van der Waals surface area contributed by atoms with Crippen LogP contribution < -0.4 is 0 Å². The predicted molar refractivity (Wildman–Crippen MR) is 68.9 cm³/mol. The average Bonchev–Trinajstić information content (AvgIpc) is 2.18. The normalized spacial score (nSPS) is 23.2. The molecule has 0 saturated carbocycles. The number of hydrogen-bond acceptors (Lipinski definition) is 0. The van der Waals surface area contributed by atoms with Crippen LogP contribution >= 0.6 is 0 Å². The summed E-state index contributed by atoms with van der Waals surface area (Å²) in [5.41, 5.74) is 3.06. The van der Waals surface area contributed by atoms with Gasteiger partial charge in [0.1, 0.15) is 0 Å². The fraction of sp³-hybridized carbons (Fsp3) is 0.733. The lowest BCUT2D eigenvalue weighted by Gasteiger charge is -2.26. The molecule has 0 nitrogen and oxygen atoms in total. The minimum atomic E-state index is 0.893. The smallest absolute Gasteiger partial charge is 0.0317 e. The van der Waals surface area contributed by atoms with E-state index in [-0.39, 0.29) is 0 Å². The molecule has 1 aliphatic rings. The van der Waals surface area contributed by atoms with Gasteiger partial charge in [0.25, 0.3) is 0 Å². The molecule has 1 rings (SSSR count). The SMILES string of the molecule is CC(C)=CCC[C@@H](C)[C@H]1CC=C(C)CC1. The van der Waals surface area contributed by atoms with E-state index >= 15 is 0 Å². The van der Waals surface area contributed by atoms with E-state index in [0.29, 0.717) is 0 Å². The third-order valence-electron chi connectivity index (χ3n) is 3.66. The molecule has 0 radical (unpaired) electrons. The largest absolute Gasteiger partial charge is 0.0859 e. The van der Waals surface area contributed by atoms with Gasteiger partial charge < -0.3 is 0 Å². The Hall–Kier alpha value is -0.520. The Balaban J connectivity index is 2.29. The van der Waals surface area contributed by atoms with Crippen molar-refractivity contribution in [2.24, 2.45) is 11.8 Å². The zero-order valence-corrected chi connectivity index (χ0v) is 10.8. The first-order valence-electron chi connectivity index (χ1n) is 6.38. The summed E-state index contributed by atoms with van der Waals surface area (Å²) in [6.45, 7) is 9.08. The molecule has 0 aromatic heterocycles. The van der Waals surface area contributed by atoms with Gasteiger partial charge in [-0.25, -0.2) is 0 Å². The summed E-state index contributed by atoms with van der Waals surface area (Å²) in [4.78, 5) is 0. The molecule has 86 valence electrons. The van der Waals surface area contributed by atoms with Gasteiger partial charge in [-0.3, -0.25) is 0 Å². The summed E-state index contributed by atoms with van der Waals surface area (Å²) >= 11 is 0. The Kier molecular flexibility index (Phi) is 5.14. The number of hydrogen-bond donors (Lipinski definition) is 0. The van der Waals surface area contributed by atoms with E-state index in [4.69, 9.17) is 0 Å². The molecule has 0 heteroatoms. The van der Waals surface area contributed by atoms with Gasteiger partial charge >= 0.3 is 0 Å². The molecule has 1 aliphatic carbocycles. The van der Waals surface area contributed by atoms with Crippen LogP contribution in [0.25, 0.3) is 0 Å². The van der Waals surface area contributed by atoms with Crippen molar-refractivity contribution in [3.63, 3.8) is 0 Å². The highest BCUT2D eigenvalue weighted by Gasteiger charge is 2.18. The van der Waals surface area contributed by atoms with Gasteiger partial charge in [0.15, 0.2) is 0 Å². The van der Waals surface area contributed by atoms with E-state index < -0.39 is 0 Å². The molecule has 15 heavy (non-hydrogen) atoms. The van der Waals surface area contributed by atoms with Gasteiger partial charge in [-0.05, 0) is 64.7 Å². The molecule has 0 aliphatic heterocycles. The number of allylic oxidation sites excluding steroid dienone is 4. The first-order chi connectivity index (χ1) is 7.09. The van der Waals surface area contributed by atoms with Gasteiger partial charge in [0.2, 0.25) is 0 Å². The summed E-state index contributed by atoms with van der Waals surface area (Å²) in [7, 11) is 0. The van der Waals surface area contributed by atoms with Crippen LogP contribution in [0.5, 0.6) is 0 Å². The molecule has 0 spiro atoms. The maximum absolute atomic E-state index is 2.45. The second kappa shape index (κ2) is 6.15. The van der Waals surface area contributed by atoms with Crippen molar-refractivity contribution in [3.8, 4) is 0 Å². The quantitative estimate of drug-likeness (QED) is 0.560. The highest BCUT2D eigenvalue weighted by molar-refractivity contribution is 5.03. The summed E-state index contributed by atoms with van der Waals surface area (Å²) in [5.74, 6) is 1.84. The van der Waals surface area contributed by atoms with Crippen LogP contribution in [0.1, 0.15) is 59.8 Å². The van der Waals surface area contributed by atoms with E-state index in [1.54, 1.807) is 5.57 Å². The Morgan fingerprint density at radius 3 is 2.80 bits per heavy atom. The van der Waals surface area contributed by atoms with Crippen LogP contribution in [0.3, 0.4) is 0 Å². The zero-order valence-electron chi connectivity index (χ0n) is 10.8. The van der Waals surface area contributed by atoms with E-state index in [2.05, 4.69) is 39.8 Å². The van der Waals surface area contributed by atoms with Gasteiger partial charge in [0, 0.05) is 0 Å². The molecule has 0 N–H and O–H groups in total. The molecule has 0 aromatic carbocycles. The van der Waals surface area contributed by atoms with E-state index in [0.717, 1.165) is 11.8 Å². The lowest BCUT2D eigenvalue weighted by atomic mass is 9.80. The summed E-state index contributed by atoms with van der Waals surface area (Å²) < 4.78 is 0. The maximum Gasteiger partial charge on any atom is -0.0317 e. The van der Waals surface area contributed by atoms with Crippen LogP contribution in [-0.4, -0.2) is 0 Å². The van der Waals surface area contributed by atoms with Gasteiger partial charge in [-0.15, -0.1) is 0 Å². The monoisotopic (exact) mass is 206 g/mol. The van der Waals surface area contributed by atoms with E-state index in [9.17, 15) is 0 Å². The van der Waals surface area contributed by atoms with Crippen molar-refractivity contribution in [3.05, 3.63) is 23.3 Å². The van der Waals surface area contributed by atoms with Crippen LogP contribution in [0.2, 0.25) is 0 Å². The van der Waals surface area contributed by atoms with Crippen LogP contribution in [0, 0.1) is 11.8 Å². The summed E-state index contributed by atoms with van der Waals surface area (Å²) in [5, 5.41) is 0. The second-order valence-electron chi connectivity index (χ2n) is 5.42. The lowest BCUT2D eigenvalue weighted by Crippen LogP contribution is -2.14. The summed E-state index contributed by atoms with van der Waals surface area (Å²) in [6, 6.07) is 0. The third kappa shape index (κ3) is 4.68. The first kappa shape index (κ1) is 12.5. The molecule has 0 saturated heterocycles. The molecule has 0 fully saturated rings. The fourth-order valence-corrected chi connectivity index (χ4v) is 2.37. The molecule has 0 unspecified atom stereocenters. The van der Waals surface area contributed by atoms with Crippen LogP contribution in [0.15, 0.2) is 23.3 Å². The molecule has 0 heterocycles. The second-order valence-corrected chi connectivity index (χ2v) is 5.42. The van der Waals surface area contributed by atoms with Crippen molar-refractivity contribution in [2.45, 2.75) is 59.8 Å². The van der Waals surface area contributed by atoms with Crippen molar-refractivity contribution < 1.29 is 0 Å². The Labute approximate surface area is 95.5 Å². The molecule has 2 atom stereocenters. The van der Waals surface area contributed by atoms with E-state index in [1.807, 2.05) is 0 Å². The minimum absolute atomic E-state index is 0.893. The van der Waals surface area contributed by atoms with Crippen molar-refractivity contribution in [1.29, 1.82) is 0 Å². The van der Waals surface area contributed by atoms with Crippen LogP contribution in [-0.2, 0) is 0 Å². The Morgan fingerprint density at radius 1 is 1.53 bits per heavy atom. The summed E-state index contributed by atoms with van der Waals surface area (Å²) in [6.07, 6.45) is 11.5. The molecular weight excluding hydrogens is 180 g/mol.